The van der Waals surface area contributed by atoms with Gasteiger partial charge in [0.05, 0.1) is 16.8 Å². The third kappa shape index (κ3) is 2.49. The molecule has 0 aliphatic heterocycles. The van der Waals surface area contributed by atoms with E-state index in [0.29, 0.717) is 6.20 Å². The summed E-state index contributed by atoms with van der Waals surface area (Å²) in [5, 5.41) is 19.5. The number of nitrogens with zero attached hydrogens (tertiary/aromatic N) is 2. The summed E-state index contributed by atoms with van der Waals surface area (Å²) in [4.78, 5) is 12.6. The number of aromatic hydroxyl groups is 1. The number of rotatable bonds is 2. The van der Waals surface area contributed by atoms with Crippen molar-refractivity contribution in [3.63, 3.8) is 0 Å². The molecule has 0 bridgehead atoms. The van der Waals surface area contributed by atoms with Gasteiger partial charge in [0, 0.05) is 0 Å². The highest BCUT2D eigenvalue weighted by Gasteiger charge is 2.37. The topological polar surface area (TPSA) is 85.5 Å². The van der Waals surface area contributed by atoms with Gasteiger partial charge in [-0.2, -0.15) is 0 Å². The summed E-state index contributed by atoms with van der Waals surface area (Å²) >= 11 is 0. The van der Waals surface area contributed by atoms with Crippen molar-refractivity contribution in [2.45, 2.75) is 13.3 Å². The first-order valence-electron chi connectivity index (χ1n) is 3.81. The normalized spacial score (nSPS) is 11.2. The third-order valence-electron chi connectivity index (χ3n) is 1.57. The first-order valence-corrected chi connectivity index (χ1v) is 3.81. The molecule has 6 nitrogen and oxygen atoms in total. The summed E-state index contributed by atoms with van der Waals surface area (Å²) in [7, 11) is 0. The van der Waals surface area contributed by atoms with E-state index in [-0.39, 0.29) is 5.69 Å². The van der Waals surface area contributed by atoms with Crippen molar-refractivity contribution in [1.29, 1.82) is 0 Å². The highest BCUT2D eigenvalue weighted by atomic mass is 19.4. The van der Waals surface area contributed by atoms with Crippen LogP contribution in [0, 0.1) is 17.0 Å². The molecule has 1 rings (SSSR count). The molecule has 1 N–H and O–H groups in total. The molecule has 0 fully saturated rings. The molecule has 9 heteroatoms. The second kappa shape index (κ2) is 3.83. The highest BCUT2D eigenvalue weighted by Crippen LogP contribution is 2.39. The van der Waals surface area contributed by atoms with Crippen LogP contribution in [0.3, 0.4) is 0 Å². The molecule has 0 atom stereocenters. The van der Waals surface area contributed by atoms with Crippen molar-refractivity contribution in [3.05, 3.63) is 22.0 Å². The Kier molecular flexibility index (Phi) is 2.88. The van der Waals surface area contributed by atoms with E-state index in [2.05, 4.69) is 9.72 Å². The van der Waals surface area contributed by atoms with Gasteiger partial charge in [-0.05, 0) is 6.92 Å². The van der Waals surface area contributed by atoms with Gasteiger partial charge in [0.25, 0.3) is 0 Å². The first-order chi connectivity index (χ1) is 7.22. The van der Waals surface area contributed by atoms with Gasteiger partial charge in [-0.3, -0.25) is 15.1 Å². The number of aryl methyl sites for hydroxylation is 1. The Morgan fingerprint density at radius 1 is 1.56 bits per heavy atom. The van der Waals surface area contributed by atoms with Crippen LogP contribution in [0.25, 0.3) is 0 Å². The Labute approximate surface area is 86.4 Å². The van der Waals surface area contributed by atoms with E-state index in [1.165, 1.54) is 0 Å². The predicted molar refractivity (Wildman–Crippen MR) is 44.0 cm³/mol. The number of hydrogen-bond donors (Lipinski definition) is 1. The minimum atomic E-state index is -5.09. The Morgan fingerprint density at radius 2 is 2.12 bits per heavy atom. The van der Waals surface area contributed by atoms with E-state index in [9.17, 15) is 23.3 Å². The van der Waals surface area contributed by atoms with E-state index in [4.69, 9.17) is 5.11 Å². The van der Waals surface area contributed by atoms with Crippen molar-refractivity contribution in [2.75, 3.05) is 0 Å². The molecule has 0 aliphatic carbocycles. The SMILES string of the molecule is Cc1ncc(O)c([N+](=O)[O-])c1OC(F)(F)F. The second-order valence-electron chi connectivity index (χ2n) is 2.71. The zero-order valence-corrected chi connectivity index (χ0v) is 7.78. The van der Waals surface area contributed by atoms with E-state index in [1.807, 2.05) is 0 Å². The molecule has 1 aromatic heterocycles. The largest absolute Gasteiger partial charge is 0.573 e. The molecule has 0 aliphatic rings. The zero-order chi connectivity index (χ0) is 12.5. The van der Waals surface area contributed by atoms with Crippen molar-refractivity contribution in [3.8, 4) is 11.5 Å². The molecule has 1 aromatic rings. The van der Waals surface area contributed by atoms with E-state index >= 15 is 0 Å². The van der Waals surface area contributed by atoms with Crippen LogP contribution in [-0.2, 0) is 0 Å². The summed E-state index contributed by atoms with van der Waals surface area (Å²) in [5.41, 5.74) is -1.51. The van der Waals surface area contributed by atoms with Crippen molar-refractivity contribution in [1.82, 2.24) is 4.98 Å². The first kappa shape index (κ1) is 12.0. The van der Waals surface area contributed by atoms with Crippen molar-refractivity contribution in [2.24, 2.45) is 0 Å². The Morgan fingerprint density at radius 3 is 2.56 bits per heavy atom. The van der Waals surface area contributed by atoms with Crippen LogP contribution in [0.4, 0.5) is 18.9 Å². The van der Waals surface area contributed by atoms with Crippen LogP contribution in [-0.4, -0.2) is 21.4 Å². The minimum absolute atomic E-state index is 0.346. The third-order valence-corrected chi connectivity index (χ3v) is 1.57. The molecule has 0 saturated carbocycles. The fraction of sp³-hybridized carbons (Fsp3) is 0.286. The lowest BCUT2D eigenvalue weighted by Gasteiger charge is -2.11. The number of hydrogen-bond acceptors (Lipinski definition) is 5. The van der Waals surface area contributed by atoms with Gasteiger partial charge in [-0.25, -0.2) is 0 Å². The average molecular weight is 238 g/mol. The number of ether oxygens (including phenoxy) is 1. The Bertz CT molecular complexity index is 432. The molecule has 0 saturated heterocycles. The number of nitro groups is 1. The molecule has 0 spiro atoms. The molecular weight excluding hydrogens is 233 g/mol. The van der Waals surface area contributed by atoms with Gasteiger partial charge in [0.15, 0.2) is 0 Å². The lowest BCUT2D eigenvalue weighted by atomic mass is 10.3. The Hall–Kier alpha value is -2.06. The minimum Gasteiger partial charge on any atom is -0.501 e. The summed E-state index contributed by atoms with van der Waals surface area (Å²) in [5.74, 6) is -2.10. The van der Waals surface area contributed by atoms with Crippen LogP contribution >= 0.6 is 0 Å². The van der Waals surface area contributed by atoms with Crippen LogP contribution < -0.4 is 4.74 Å². The summed E-state index contributed by atoms with van der Waals surface area (Å²) in [6, 6.07) is 0. The predicted octanol–water partition coefficient (Wildman–Crippen LogP) is 1.90. The second-order valence-corrected chi connectivity index (χ2v) is 2.71. The number of aromatic nitrogens is 1. The van der Waals surface area contributed by atoms with Crippen molar-refractivity contribution < 1.29 is 27.9 Å². The average Bonchev–Trinajstić information content (AvgIpc) is 2.08. The van der Waals surface area contributed by atoms with E-state index in [0.717, 1.165) is 6.92 Å². The molecule has 88 valence electrons. The smallest absolute Gasteiger partial charge is 0.501 e. The maximum Gasteiger partial charge on any atom is 0.573 e. The maximum atomic E-state index is 11.9. The van der Waals surface area contributed by atoms with Gasteiger partial charge in [0.2, 0.25) is 11.5 Å². The number of halogens is 3. The van der Waals surface area contributed by atoms with Gasteiger partial charge < -0.3 is 9.84 Å². The lowest BCUT2D eigenvalue weighted by Crippen LogP contribution is -2.19. The fourth-order valence-electron chi connectivity index (χ4n) is 0.980. The molecule has 0 radical (unpaired) electrons. The van der Waals surface area contributed by atoms with Gasteiger partial charge in [0.1, 0.15) is 0 Å². The van der Waals surface area contributed by atoms with E-state index < -0.39 is 28.5 Å². The van der Waals surface area contributed by atoms with Crippen LogP contribution in [0.1, 0.15) is 5.69 Å². The van der Waals surface area contributed by atoms with Crippen LogP contribution in [0.5, 0.6) is 11.5 Å². The number of pyridine rings is 1. The fourth-order valence-corrected chi connectivity index (χ4v) is 0.980. The molecule has 0 unspecified atom stereocenters. The monoisotopic (exact) mass is 238 g/mol. The lowest BCUT2D eigenvalue weighted by molar-refractivity contribution is -0.389. The molecule has 0 amide bonds. The summed E-state index contributed by atoms with van der Waals surface area (Å²) in [6.45, 7) is 1.09. The maximum absolute atomic E-state index is 11.9. The Balaban J connectivity index is 3.35. The molecule has 16 heavy (non-hydrogen) atoms. The highest BCUT2D eigenvalue weighted by molar-refractivity contribution is 5.57. The standard InChI is InChI=1S/C7H5F3N2O4/c1-3-6(16-7(8,9)10)5(12(14)15)4(13)2-11-3/h2,13H,1H3. The summed E-state index contributed by atoms with van der Waals surface area (Å²) < 4.78 is 39.3. The van der Waals surface area contributed by atoms with E-state index in [1.54, 1.807) is 0 Å². The molecular formula is C7H5F3N2O4. The zero-order valence-electron chi connectivity index (χ0n) is 7.78. The number of alkyl halides is 3. The van der Waals surface area contributed by atoms with Gasteiger partial charge >= 0.3 is 12.0 Å². The van der Waals surface area contributed by atoms with Gasteiger partial charge in [-0.15, -0.1) is 13.2 Å². The van der Waals surface area contributed by atoms with Gasteiger partial charge in [-0.1, -0.05) is 0 Å². The van der Waals surface area contributed by atoms with Crippen LogP contribution in [0.2, 0.25) is 0 Å². The quantitative estimate of drug-likeness (QED) is 0.628. The molecule has 1 heterocycles. The summed E-state index contributed by atoms with van der Waals surface area (Å²) in [6.07, 6.45) is -4.41. The van der Waals surface area contributed by atoms with Crippen LogP contribution in [0.15, 0.2) is 6.20 Å². The van der Waals surface area contributed by atoms with Crippen molar-refractivity contribution >= 4 is 5.69 Å². The molecule has 0 aromatic carbocycles.